The molecular weight excluding hydrogens is 438 g/mol. The molecule has 1 unspecified atom stereocenters. The lowest BCUT2D eigenvalue weighted by Gasteiger charge is -2.30. The van der Waals surface area contributed by atoms with Crippen LogP contribution in [0.2, 0.25) is 5.02 Å². The second kappa shape index (κ2) is 12.6. The molecule has 6 heteroatoms. The number of hydrogen-bond acceptors (Lipinski definition) is 5. The van der Waals surface area contributed by atoms with E-state index in [9.17, 15) is 10.2 Å². The molecular formula is C27H32ClNO4. The van der Waals surface area contributed by atoms with E-state index in [-0.39, 0.29) is 25.4 Å². The fourth-order valence-electron chi connectivity index (χ4n) is 3.65. The van der Waals surface area contributed by atoms with E-state index >= 15 is 0 Å². The molecule has 0 spiro atoms. The number of nitrogens with zero attached hydrogens (tertiary/aromatic N) is 1. The van der Waals surface area contributed by atoms with E-state index in [4.69, 9.17) is 21.1 Å². The zero-order valence-electron chi connectivity index (χ0n) is 19.2. The van der Waals surface area contributed by atoms with Crippen LogP contribution in [0, 0.1) is 0 Å². The highest BCUT2D eigenvalue weighted by molar-refractivity contribution is 6.32. The average Bonchev–Trinajstić information content (AvgIpc) is 2.81. The Hall–Kier alpha value is -2.57. The molecule has 0 bridgehead atoms. The monoisotopic (exact) mass is 469 g/mol. The summed E-state index contributed by atoms with van der Waals surface area (Å²) in [6.07, 6.45) is 0.0209. The Morgan fingerprint density at radius 2 is 1.64 bits per heavy atom. The van der Waals surface area contributed by atoms with E-state index in [1.54, 1.807) is 0 Å². The summed E-state index contributed by atoms with van der Waals surface area (Å²) in [5.74, 6) is 1.41. The minimum Gasteiger partial charge on any atom is -0.489 e. The van der Waals surface area contributed by atoms with Gasteiger partial charge in [-0.25, -0.2) is 0 Å². The van der Waals surface area contributed by atoms with Gasteiger partial charge in [0.05, 0.1) is 30.4 Å². The van der Waals surface area contributed by atoms with Crippen molar-refractivity contribution in [3.05, 3.63) is 94.5 Å². The Kier molecular flexibility index (Phi) is 9.58. The van der Waals surface area contributed by atoms with Crippen molar-refractivity contribution in [2.45, 2.75) is 39.1 Å². The lowest BCUT2D eigenvalue weighted by molar-refractivity contribution is 0.0953. The second-order valence-electron chi connectivity index (χ2n) is 8.17. The standard InChI is InChI=1S/C27H32ClNO4/c1-20(2)33-27-13-10-23(16-25(27)28)26(18-31)29(14-15-30)17-21-8-11-24(12-9-21)32-19-22-6-4-3-5-7-22/h3-13,16,20,26,30-31H,14-15,17-19H2,1-2H3. The van der Waals surface area contributed by atoms with Gasteiger partial charge in [0.25, 0.3) is 0 Å². The number of benzene rings is 3. The zero-order valence-corrected chi connectivity index (χ0v) is 19.9. The molecule has 0 radical (unpaired) electrons. The van der Waals surface area contributed by atoms with Crippen LogP contribution < -0.4 is 9.47 Å². The topological polar surface area (TPSA) is 62.2 Å². The SMILES string of the molecule is CC(C)Oc1ccc(C(CO)N(CCO)Cc2ccc(OCc3ccccc3)cc2)cc1Cl. The minimum absolute atomic E-state index is 0.0168. The minimum atomic E-state index is -0.309. The Morgan fingerprint density at radius 3 is 2.24 bits per heavy atom. The quantitative estimate of drug-likeness (QED) is 0.380. The zero-order chi connectivity index (χ0) is 23.6. The summed E-state index contributed by atoms with van der Waals surface area (Å²) in [7, 11) is 0. The maximum atomic E-state index is 10.2. The number of aliphatic hydroxyl groups is 2. The van der Waals surface area contributed by atoms with Gasteiger partial charge in [0.15, 0.2) is 0 Å². The third kappa shape index (κ3) is 7.47. The van der Waals surface area contributed by atoms with Crippen molar-refractivity contribution in [3.8, 4) is 11.5 Å². The van der Waals surface area contributed by atoms with E-state index < -0.39 is 0 Å². The Labute approximate surface area is 201 Å². The summed E-state index contributed by atoms with van der Waals surface area (Å²) in [5, 5.41) is 20.3. The lowest BCUT2D eigenvalue weighted by Crippen LogP contribution is -2.33. The first-order valence-corrected chi connectivity index (χ1v) is 11.6. The van der Waals surface area contributed by atoms with Crippen molar-refractivity contribution in [2.24, 2.45) is 0 Å². The van der Waals surface area contributed by atoms with Crippen molar-refractivity contribution in [1.82, 2.24) is 4.90 Å². The molecule has 3 aromatic carbocycles. The predicted molar refractivity (Wildman–Crippen MR) is 132 cm³/mol. The molecule has 3 rings (SSSR count). The molecule has 3 aromatic rings. The molecule has 0 aliphatic carbocycles. The third-order valence-electron chi connectivity index (χ3n) is 5.26. The van der Waals surface area contributed by atoms with Crippen molar-refractivity contribution in [3.63, 3.8) is 0 Å². The van der Waals surface area contributed by atoms with Crippen molar-refractivity contribution in [2.75, 3.05) is 19.8 Å². The smallest absolute Gasteiger partial charge is 0.138 e. The molecule has 0 amide bonds. The fraction of sp³-hybridized carbons (Fsp3) is 0.333. The van der Waals surface area contributed by atoms with Gasteiger partial charge in [-0.2, -0.15) is 0 Å². The van der Waals surface area contributed by atoms with Crippen LogP contribution >= 0.6 is 11.6 Å². The summed E-state index contributed by atoms with van der Waals surface area (Å²) >= 11 is 6.42. The van der Waals surface area contributed by atoms with Crippen LogP contribution in [0.4, 0.5) is 0 Å². The number of hydrogen-bond donors (Lipinski definition) is 2. The van der Waals surface area contributed by atoms with Crippen LogP contribution in [0.25, 0.3) is 0 Å². The van der Waals surface area contributed by atoms with Crippen LogP contribution in [-0.2, 0) is 13.2 Å². The molecule has 0 aliphatic rings. The first kappa shape index (κ1) is 25.1. The van der Waals surface area contributed by atoms with Gasteiger partial charge in [0.2, 0.25) is 0 Å². The summed E-state index contributed by atoms with van der Waals surface area (Å²) in [4.78, 5) is 2.04. The van der Waals surface area contributed by atoms with Crippen molar-refractivity contribution in [1.29, 1.82) is 0 Å². The first-order chi connectivity index (χ1) is 16.0. The number of aliphatic hydroxyl groups excluding tert-OH is 2. The highest BCUT2D eigenvalue weighted by atomic mass is 35.5. The first-order valence-electron chi connectivity index (χ1n) is 11.2. The Bertz CT molecular complexity index is 979. The molecule has 176 valence electrons. The van der Waals surface area contributed by atoms with Gasteiger partial charge >= 0.3 is 0 Å². The number of halogens is 1. The molecule has 0 heterocycles. The second-order valence-corrected chi connectivity index (χ2v) is 8.57. The number of rotatable bonds is 12. The average molecular weight is 470 g/mol. The molecule has 2 N–H and O–H groups in total. The van der Waals surface area contributed by atoms with Gasteiger partial charge in [-0.15, -0.1) is 0 Å². The van der Waals surface area contributed by atoms with E-state index in [1.807, 2.05) is 91.5 Å². The molecule has 0 saturated carbocycles. The highest BCUT2D eigenvalue weighted by Gasteiger charge is 2.21. The summed E-state index contributed by atoms with van der Waals surface area (Å²) < 4.78 is 11.6. The van der Waals surface area contributed by atoms with E-state index in [0.29, 0.717) is 30.5 Å². The van der Waals surface area contributed by atoms with Crippen LogP contribution in [0.5, 0.6) is 11.5 Å². The van der Waals surface area contributed by atoms with Crippen LogP contribution in [0.3, 0.4) is 0 Å². The molecule has 0 fully saturated rings. The predicted octanol–water partition coefficient (Wildman–Crippen LogP) is 5.23. The van der Waals surface area contributed by atoms with Crippen molar-refractivity contribution >= 4 is 11.6 Å². The molecule has 0 aliphatic heterocycles. The van der Waals surface area contributed by atoms with Crippen LogP contribution in [0.1, 0.15) is 36.6 Å². The lowest BCUT2D eigenvalue weighted by atomic mass is 10.0. The van der Waals surface area contributed by atoms with E-state index in [2.05, 4.69) is 0 Å². The summed E-state index contributed by atoms with van der Waals surface area (Å²) in [6, 6.07) is 23.2. The summed E-state index contributed by atoms with van der Waals surface area (Å²) in [6.45, 7) is 5.27. The van der Waals surface area contributed by atoms with E-state index in [0.717, 1.165) is 22.4 Å². The van der Waals surface area contributed by atoms with Crippen LogP contribution in [-0.4, -0.2) is 41.0 Å². The third-order valence-corrected chi connectivity index (χ3v) is 5.56. The molecule has 1 atom stereocenters. The molecule has 0 saturated heterocycles. The molecule has 33 heavy (non-hydrogen) atoms. The fourth-order valence-corrected chi connectivity index (χ4v) is 3.88. The maximum absolute atomic E-state index is 10.2. The largest absolute Gasteiger partial charge is 0.489 e. The Morgan fingerprint density at radius 1 is 0.909 bits per heavy atom. The van der Waals surface area contributed by atoms with Crippen molar-refractivity contribution < 1.29 is 19.7 Å². The maximum Gasteiger partial charge on any atom is 0.138 e. The molecule has 5 nitrogen and oxygen atoms in total. The van der Waals surface area contributed by atoms with Gasteiger partial charge in [0, 0.05) is 13.1 Å². The normalized spacial score (nSPS) is 12.2. The highest BCUT2D eigenvalue weighted by Crippen LogP contribution is 2.31. The van der Waals surface area contributed by atoms with E-state index in [1.165, 1.54) is 0 Å². The van der Waals surface area contributed by atoms with Gasteiger partial charge in [-0.1, -0.05) is 60.1 Å². The Balaban J connectivity index is 1.69. The molecule has 0 aromatic heterocycles. The van der Waals surface area contributed by atoms with Gasteiger partial charge in [0.1, 0.15) is 18.1 Å². The number of ether oxygens (including phenoxy) is 2. The summed E-state index contributed by atoms with van der Waals surface area (Å²) in [5.41, 5.74) is 3.04. The van der Waals surface area contributed by atoms with Gasteiger partial charge in [-0.05, 0) is 54.8 Å². The van der Waals surface area contributed by atoms with Crippen LogP contribution in [0.15, 0.2) is 72.8 Å². The van der Waals surface area contributed by atoms with Gasteiger partial charge in [-0.3, -0.25) is 4.90 Å². The van der Waals surface area contributed by atoms with Gasteiger partial charge < -0.3 is 19.7 Å².